The van der Waals surface area contributed by atoms with E-state index in [4.69, 9.17) is 37.9 Å². The molecule has 14 heteroatoms. The lowest BCUT2D eigenvalue weighted by molar-refractivity contribution is -0.139. The second-order valence-corrected chi connectivity index (χ2v) is 17.8. The molecule has 4 fully saturated rings. The van der Waals surface area contributed by atoms with Crippen LogP contribution in [0.15, 0.2) is 85.0 Å². The molecule has 8 unspecified atom stereocenters. The average molecular weight is 861 g/mol. The van der Waals surface area contributed by atoms with Crippen LogP contribution in [-0.2, 0) is 38.0 Å². The highest BCUT2D eigenvalue weighted by Gasteiger charge is 2.88. The summed E-state index contributed by atoms with van der Waals surface area (Å²) in [4.78, 5) is 48.8. The van der Waals surface area contributed by atoms with Gasteiger partial charge in [-0.05, 0) is 112 Å². The fraction of sp³-hybridized carbons (Fsp3) is 0.583. The van der Waals surface area contributed by atoms with Gasteiger partial charge in [0.25, 0.3) is 0 Å². The molecule has 6 rings (SSSR count). The maximum absolute atomic E-state index is 12.8. The zero-order valence-corrected chi connectivity index (χ0v) is 36.5. The van der Waals surface area contributed by atoms with Gasteiger partial charge in [0, 0.05) is 29.7 Å². The smallest absolute Gasteiger partial charge is 0.407 e. The molecule has 0 aromatic heterocycles. The maximum atomic E-state index is 12.8. The maximum Gasteiger partial charge on any atom is 0.407 e. The molecule has 2 amide bonds. The van der Waals surface area contributed by atoms with E-state index in [2.05, 4.69) is 30.7 Å². The number of hydrogen-bond donors (Lipinski definition) is 2. The molecular weight excluding hydrogens is 797 g/mol. The molecule has 62 heavy (non-hydrogen) atoms. The van der Waals surface area contributed by atoms with Crippen LogP contribution in [0.3, 0.4) is 0 Å². The number of carbonyl (C=O) groups is 4. The number of esters is 2. The second kappa shape index (κ2) is 21.3. The summed E-state index contributed by atoms with van der Waals surface area (Å²) in [6.07, 6.45) is 4.12. The van der Waals surface area contributed by atoms with Crippen molar-refractivity contribution in [2.75, 3.05) is 65.9 Å². The van der Waals surface area contributed by atoms with Crippen molar-refractivity contribution in [3.05, 3.63) is 85.0 Å². The third-order valence-electron chi connectivity index (χ3n) is 13.0. The number of alkyl carbamates (subject to hydrolysis) is 2. The number of hydrogen-bond acceptors (Lipinski definition) is 12. The first-order valence-corrected chi connectivity index (χ1v) is 21.9. The summed E-state index contributed by atoms with van der Waals surface area (Å²) < 4.78 is 46.4. The molecule has 338 valence electrons. The molecule has 2 bridgehead atoms. The van der Waals surface area contributed by atoms with Gasteiger partial charge < -0.3 is 48.5 Å². The molecular formula is C48H64N2O12. The monoisotopic (exact) mass is 860 g/mol. The highest BCUT2D eigenvalue weighted by Crippen LogP contribution is 2.93. The van der Waals surface area contributed by atoms with Crippen LogP contribution in [0, 0.1) is 34.0 Å². The van der Waals surface area contributed by atoms with E-state index >= 15 is 0 Å². The Kier molecular flexibility index (Phi) is 16.0. The van der Waals surface area contributed by atoms with Crippen molar-refractivity contribution in [1.29, 1.82) is 0 Å². The van der Waals surface area contributed by atoms with Gasteiger partial charge >= 0.3 is 24.1 Å². The van der Waals surface area contributed by atoms with E-state index in [1.807, 2.05) is 60.7 Å². The Bertz CT molecular complexity index is 1860. The molecule has 0 saturated heterocycles. The summed E-state index contributed by atoms with van der Waals surface area (Å²) in [6.45, 7) is 15.3. The van der Waals surface area contributed by atoms with Gasteiger partial charge in [-0.1, -0.05) is 56.5 Å². The van der Waals surface area contributed by atoms with Crippen LogP contribution in [0.25, 0.3) is 0 Å². The Morgan fingerprint density at radius 2 is 1.19 bits per heavy atom. The van der Waals surface area contributed by atoms with Crippen molar-refractivity contribution >= 4 is 24.1 Å². The molecule has 0 radical (unpaired) electrons. The van der Waals surface area contributed by atoms with Gasteiger partial charge in [-0.2, -0.15) is 0 Å². The van der Waals surface area contributed by atoms with Crippen LogP contribution in [0.4, 0.5) is 9.59 Å². The van der Waals surface area contributed by atoms with Crippen molar-refractivity contribution < 1.29 is 57.1 Å². The van der Waals surface area contributed by atoms with Crippen molar-refractivity contribution in [3.63, 3.8) is 0 Å². The molecule has 2 aromatic rings. The van der Waals surface area contributed by atoms with Crippen molar-refractivity contribution in [1.82, 2.24) is 10.6 Å². The fourth-order valence-electron chi connectivity index (χ4n) is 9.98. The highest BCUT2D eigenvalue weighted by molar-refractivity contribution is 5.87. The van der Waals surface area contributed by atoms with Crippen LogP contribution in [0.2, 0.25) is 0 Å². The average Bonchev–Trinajstić information content (AvgIpc) is 3.47. The first kappa shape index (κ1) is 46.4. The molecule has 14 nitrogen and oxygen atoms in total. The SMILES string of the molecule is C=C(C)C(=O)OCCCNC(=O)OC(COCC1(C)CCC2C(C1)C1CC23CC13COCC(COc1ccccc1)OC(=O)NCCCOC(=O)C(=C)C)COc1ccccc1. The van der Waals surface area contributed by atoms with Crippen LogP contribution < -0.4 is 20.1 Å². The number of ether oxygens (including phenoxy) is 8. The topological polar surface area (TPSA) is 166 Å². The summed E-state index contributed by atoms with van der Waals surface area (Å²) in [7, 11) is 0. The van der Waals surface area contributed by atoms with Crippen LogP contribution in [0.1, 0.15) is 65.7 Å². The fourth-order valence-corrected chi connectivity index (χ4v) is 9.98. The predicted molar refractivity (Wildman–Crippen MR) is 229 cm³/mol. The summed E-state index contributed by atoms with van der Waals surface area (Å²) in [5, 5.41) is 5.46. The van der Waals surface area contributed by atoms with Crippen molar-refractivity contribution in [3.8, 4) is 11.5 Å². The molecule has 4 aliphatic carbocycles. The Morgan fingerprint density at radius 1 is 0.694 bits per heavy atom. The lowest BCUT2D eigenvalue weighted by atomic mass is 9.66. The number of nitrogens with one attached hydrogen (secondary N) is 2. The number of para-hydroxylation sites is 2. The first-order chi connectivity index (χ1) is 29.8. The van der Waals surface area contributed by atoms with Gasteiger partial charge in [-0.15, -0.1) is 0 Å². The number of rotatable bonds is 26. The van der Waals surface area contributed by atoms with Gasteiger partial charge in [0.05, 0.1) is 39.6 Å². The Hall–Kier alpha value is -5.08. The molecule has 0 heterocycles. The number of carbonyl (C=O) groups excluding carboxylic acids is 4. The highest BCUT2D eigenvalue weighted by atomic mass is 16.6. The summed E-state index contributed by atoms with van der Waals surface area (Å²) in [5.74, 6) is 2.27. The van der Waals surface area contributed by atoms with E-state index < -0.39 is 36.3 Å². The standard InChI is InChI=1S/C48H64N2O12/c1-33(2)42(51)57-22-12-20-49-44(53)61-37(28-59-35-14-8-6-9-15-35)26-55-31-46(5)19-18-40-39(24-46)41-25-47(40)30-48(41,47)32-56-27-38(29-60-36-16-10-7-11-17-36)62-45(54)50-21-13-23-58-43(52)34(3)4/h6-11,14-17,37-41H,1,3,12-13,18-32H2,2,4-5H3,(H,49,53)(H,50,54). The van der Waals surface area contributed by atoms with Crippen LogP contribution in [-0.4, -0.2) is 102 Å². The van der Waals surface area contributed by atoms with Gasteiger partial charge in [0.15, 0.2) is 12.2 Å². The Labute approximate surface area is 365 Å². The van der Waals surface area contributed by atoms with E-state index in [-0.39, 0.29) is 63.6 Å². The third kappa shape index (κ3) is 11.9. The number of fused-ring (bicyclic) bond motifs is 2. The Balaban J connectivity index is 0.957. The van der Waals surface area contributed by atoms with Gasteiger partial charge in [0.2, 0.25) is 0 Å². The Morgan fingerprint density at radius 3 is 1.69 bits per heavy atom. The number of benzene rings is 2. The zero-order chi connectivity index (χ0) is 44.2. The number of amides is 2. The predicted octanol–water partition coefficient (Wildman–Crippen LogP) is 7.22. The minimum Gasteiger partial charge on any atom is -0.490 e. The largest absolute Gasteiger partial charge is 0.490 e. The van der Waals surface area contributed by atoms with Crippen LogP contribution >= 0.6 is 0 Å². The molecule has 2 N–H and O–H groups in total. The van der Waals surface area contributed by atoms with E-state index in [1.54, 1.807) is 13.8 Å². The summed E-state index contributed by atoms with van der Waals surface area (Å²) >= 11 is 0. The van der Waals surface area contributed by atoms with Gasteiger partial charge in [-0.25, -0.2) is 19.2 Å². The molecule has 2 aromatic carbocycles. The summed E-state index contributed by atoms with van der Waals surface area (Å²) in [6, 6.07) is 18.8. The normalized spacial score (nSPS) is 25.9. The molecule has 4 aliphatic rings. The van der Waals surface area contributed by atoms with E-state index in [0.717, 1.165) is 19.3 Å². The molecule has 8 atom stereocenters. The van der Waals surface area contributed by atoms with Gasteiger partial charge in [-0.3, -0.25) is 0 Å². The molecule has 4 saturated carbocycles. The molecule has 0 spiro atoms. The lowest BCUT2D eigenvalue weighted by Gasteiger charge is -2.41. The minimum absolute atomic E-state index is 0.0224. The van der Waals surface area contributed by atoms with E-state index in [1.165, 1.54) is 12.8 Å². The molecule has 0 aliphatic heterocycles. The van der Waals surface area contributed by atoms with E-state index in [0.29, 0.717) is 71.9 Å². The zero-order valence-electron chi connectivity index (χ0n) is 36.5. The summed E-state index contributed by atoms with van der Waals surface area (Å²) in [5.41, 5.74) is 1.12. The van der Waals surface area contributed by atoms with Crippen LogP contribution in [0.5, 0.6) is 11.5 Å². The second-order valence-electron chi connectivity index (χ2n) is 17.8. The van der Waals surface area contributed by atoms with Gasteiger partial charge in [0.1, 0.15) is 24.7 Å². The third-order valence-corrected chi connectivity index (χ3v) is 13.0. The van der Waals surface area contributed by atoms with Crippen molar-refractivity contribution in [2.24, 2.45) is 34.0 Å². The minimum atomic E-state index is -0.641. The lowest BCUT2D eigenvalue weighted by Crippen LogP contribution is -2.39. The first-order valence-electron chi connectivity index (χ1n) is 21.9. The van der Waals surface area contributed by atoms with Crippen molar-refractivity contribution in [2.45, 2.75) is 77.9 Å². The van der Waals surface area contributed by atoms with E-state index in [9.17, 15) is 19.2 Å². The quantitative estimate of drug-likeness (QED) is 0.0423.